The summed E-state index contributed by atoms with van der Waals surface area (Å²) in [6, 6.07) is 19.0. The lowest BCUT2D eigenvalue weighted by Gasteiger charge is -2.11. The van der Waals surface area contributed by atoms with Crippen LogP contribution in [0.3, 0.4) is 0 Å². The largest absolute Gasteiger partial charge is 0.337 e. The molecule has 0 radical (unpaired) electrons. The molecular weight excluding hydrogens is 498 g/mol. The van der Waals surface area contributed by atoms with Crippen molar-refractivity contribution in [3.05, 3.63) is 88.2 Å². The molecule has 4 rings (SSSR count). The zero-order chi connectivity index (χ0) is 25.9. The van der Waals surface area contributed by atoms with E-state index < -0.39 is 16.1 Å². The van der Waals surface area contributed by atoms with Crippen LogP contribution in [-0.2, 0) is 22.9 Å². The molecule has 0 aliphatic carbocycles. The molecule has 4 aromatic rings. The molecule has 0 spiro atoms. The summed E-state index contributed by atoms with van der Waals surface area (Å²) in [5.74, 6) is 0.845. The number of imidazole rings is 1. The highest BCUT2D eigenvalue weighted by molar-refractivity contribution is 7.90. The molecule has 0 aliphatic rings. The Hall–Kier alpha value is -3.87. The molecule has 0 bridgehead atoms. The fourth-order valence-electron chi connectivity index (χ4n) is 3.96. The number of aryl methyl sites for hydroxylation is 2. The normalized spacial score (nSPS) is 11.3. The third-order valence-electron chi connectivity index (χ3n) is 5.75. The smallest absolute Gasteiger partial charge is 0.328 e. The van der Waals surface area contributed by atoms with Gasteiger partial charge in [-0.1, -0.05) is 48.9 Å². The topological polar surface area (TPSA) is 117 Å². The van der Waals surface area contributed by atoms with Gasteiger partial charge in [0, 0.05) is 18.7 Å². The highest BCUT2D eigenvalue weighted by atomic mass is 35.5. The molecule has 0 aliphatic heterocycles. The van der Waals surface area contributed by atoms with Gasteiger partial charge >= 0.3 is 6.03 Å². The molecule has 1 heterocycles. The Morgan fingerprint density at radius 3 is 2.53 bits per heavy atom. The standard InChI is InChI=1S/C26H24ClN5O3S/c1-3-25-30-22-14-19(16-28)21(27)15-23(22)32(25)20-10-8-18(9-11-20)12-13-29-26(33)31-36(34,35)24-7-5-4-6-17(24)2/h4-11,14-15H,3,12-13H2,1-2H3,(H2,29,31,33). The summed E-state index contributed by atoms with van der Waals surface area (Å²) in [7, 11) is -3.95. The van der Waals surface area contributed by atoms with Gasteiger partial charge in [0.2, 0.25) is 0 Å². The van der Waals surface area contributed by atoms with E-state index in [1.54, 1.807) is 37.3 Å². The maximum absolute atomic E-state index is 12.4. The van der Waals surface area contributed by atoms with Crippen molar-refractivity contribution in [3.8, 4) is 11.8 Å². The second-order valence-electron chi connectivity index (χ2n) is 8.19. The van der Waals surface area contributed by atoms with E-state index in [-0.39, 0.29) is 11.4 Å². The number of rotatable bonds is 7. The second kappa shape index (κ2) is 10.4. The number of amides is 2. The summed E-state index contributed by atoms with van der Waals surface area (Å²) in [5, 5.41) is 12.2. The molecule has 10 heteroatoms. The molecule has 2 amide bonds. The Bertz CT molecular complexity index is 1590. The van der Waals surface area contributed by atoms with Gasteiger partial charge in [0.25, 0.3) is 10.0 Å². The molecule has 184 valence electrons. The molecule has 0 atom stereocenters. The summed E-state index contributed by atoms with van der Waals surface area (Å²) >= 11 is 6.26. The lowest BCUT2D eigenvalue weighted by atomic mass is 10.1. The third-order valence-corrected chi connectivity index (χ3v) is 7.56. The van der Waals surface area contributed by atoms with E-state index in [2.05, 4.69) is 21.1 Å². The average Bonchev–Trinajstić information content (AvgIpc) is 3.21. The first-order valence-electron chi connectivity index (χ1n) is 11.3. The highest BCUT2D eigenvalue weighted by Gasteiger charge is 2.19. The predicted molar refractivity (Wildman–Crippen MR) is 139 cm³/mol. The Morgan fingerprint density at radius 1 is 1.14 bits per heavy atom. The van der Waals surface area contributed by atoms with Crippen LogP contribution in [0.5, 0.6) is 0 Å². The van der Waals surface area contributed by atoms with Crippen LogP contribution in [0.15, 0.2) is 65.6 Å². The minimum absolute atomic E-state index is 0.0688. The number of urea groups is 1. The zero-order valence-corrected chi connectivity index (χ0v) is 21.3. The Labute approximate surface area is 214 Å². The second-order valence-corrected chi connectivity index (χ2v) is 10.3. The number of halogens is 1. The van der Waals surface area contributed by atoms with E-state index in [0.717, 1.165) is 22.6 Å². The number of carbonyl (C=O) groups excluding carboxylic acids is 1. The van der Waals surface area contributed by atoms with Crippen molar-refractivity contribution in [1.82, 2.24) is 19.6 Å². The number of nitriles is 1. The van der Waals surface area contributed by atoms with Crippen molar-refractivity contribution >= 4 is 38.7 Å². The van der Waals surface area contributed by atoms with Crippen LogP contribution in [0.2, 0.25) is 5.02 Å². The van der Waals surface area contributed by atoms with Gasteiger partial charge in [-0.05, 0) is 54.8 Å². The van der Waals surface area contributed by atoms with E-state index in [1.807, 2.05) is 35.8 Å². The van der Waals surface area contributed by atoms with Gasteiger partial charge in [0.15, 0.2) is 0 Å². The molecule has 36 heavy (non-hydrogen) atoms. The van der Waals surface area contributed by atoms with Crippen molar-refractivity contribution in [3.63, 3.8) is 0 Å². The van der Waals surface area contributed by atoms with Crippen molar-refractivity contribution in [1.29, 1.82) is 5.26 Å². The number of hydrogen-bond donors (Lipinski definition) is 2. The summed E-state index contributed by atoms with van der Waals surface area (Å²) in [5.41, 5.74) is 4.32. The van der Waals surface area contributed by atoms with Gasteiger partial charge in [-0.25, -0.2) is 22.9 Å². The minimum atomic E-state index is -3.95. The van der Waals surface area contributed by atoms with Crippen LogP contribution in [0.25, 0.3) is 16.7 Å². The molecule has 0 saturated heterocycles. The number of nitrogens with one attached hydrogen (secondary N) is 2. The van der Waals surface area contributed by atoms with Gasteiger partial charge in [-0.3, -0.25) is 4.57 Å². The lowest BCUT2D eigenvalue weighted by molar-refractivity contribution is 0.246. The Kier molecular flexibility index (Phi) is 7.29. The number of carbonyl (C=O) groups is 1. The molecule has 2 N–H and O–H groups in total. The minimum Gasteiger partial charge on any atom is -0.337 e. The van der Waals surface area contributed by atoms with E-state index in [0.29, 0.717) is 34.5 Å². The fourth-order valence-corrected chi connectivity index (χ4v) is 5.34. The summed E-state index contributed by atoms with van der Waals surface area (Å²) in [6.45, 7) is 3.94. The summed E-state index contributed by atoms with van der Waals surface area (Å²) in [6.07, 6.45) is 1.21. The maximum Gasteiger partial charge on any atom is 0.328 e. The highest BCUT2D eigenvalue weighted by Crippen LogP contribution is 2.27. The lowest BCUT2D eigenvalue weighted by Crippen LogP contribution is -2.40. The average molecular weight is 522 g/mol. The molecular formula is C26H24ClN5O3S. The Morgan fingerprint density at radius 2 is 1.86 bits per heavy atom. The SMILES string of the molecule is CCc1nc2cc(C#N)c(Cl)cc2n1-c1ccc(CCNC(=O)NS(=O)(=O)c2ccccc2C)cc1. The van der Waals surface area contributed by atoms with Gasteiger partial charge in [0.1, 0.15) is 11.9 Å². The van der Waals surface area contributed by atoms with E-state index in [9.17, 15) is 18.5 Å². The molecule has 0 fully saturated rings. The van der Waals surface area contributed by atoms with Crippen molar-refractivity contribution in [2.45, 2.75) is 31.6 Å². The van der Waals surface area contributed by atoms with Crippen LogP contribution >= 0.6 is 11.6 Å². The van der Waals surface area contributed by atoms with Crippen LogP contribution in [0.1, 0.15) is 29.4 Å². The van der Waals surface area contributed by atoms with E-state index in [1.165, 1.54) is 6.07 Å². The number of sulfonamides is 1. The van der Waals surface area contributed by atoms with E-state index in [4.69, 9.17) is 11.6 Å². The van der Waals surface area contributed by atoms with Crippen LogP contribution < -0.4 is 10.0 Å². The molecule has 1 aromatic heterocycles. The van der Waals surface area contributed by atoms with Gasteiger partial charge in [0.05, 0.1) is 26.5 Å². The quantitative estimate of drug-likeness (QED) is 0.367. The van der Waals surface area contributed by atoms with Crippen molar-refractivity contribution < 1.29 is 13.2 Å². The first kappa shape index (κ1) is 25.2. The summed E-state index contributed by atoms with van der Waals surface area (Å²) in [4.78, 5) is 16.9. The van der Waals surface area contributed by atoms with Crippen molar-refractivity contribution in [2.75, 3.05) is 6.54 Å². The molecule has 8 nitrogen and oxygen atoms in total. The monoisotopic (exact) mass is 521 g/mol. The Balaban J connectivity index is 1.43. The number of nitrogens with zero attached hydrogens (tertiary/aromatic N) is 3. The van der Waals surface area contributed by atoms with Crippen molar-refractivity contribution in [2.24, 2.45) is 0 Å². The number of hydrogen-bond acceptors (Lipinski definition) is 5. The molecule has 3 aromatic carbocycles. The predicted octanol–water partition coefficient (Wildman–Crippen LogP) is 4.65. The third kappa shape index (κ3) is 5.20. The van der Waals surface area contributed by atoms with Gasteiger partial charge < -0.3 is 5.32 Å². The number of fused-ring (bicyclic) bond motifs is 1. The zero-order valence-electron chi connectivity index (χ0n) is 19.7. The first-order chi connectivity index (χ1) is 17.2. The van der Waals surface area contributed by atoms with Crippen LogP contribution in [-0.4, -0.2) is 30.5 Å². The van der Waals surface area contributed by atoms with Gasteiger partial charge in [-0.2, -0.15) is 5.26 Å². The molecule has 0 saturated carbocycles. The van der Waals surface area contributed by atoms with Crippen LogP contribution in [0, 0.1) is 18.3 Å². The number of benzene rings is 3. The fraction of sp³-hybridized carbons (Fsp3) is 0.192. The summed E-state index contributed by atoms with van der Waals surface area (Å²) < 4.78 is 28.9. The number of aromatic nitrogens is 2. The van der Waals surface area contributed by atoms with Gasteiger partial charge in [-0.15, -0.1) is 0 Å². The first-order valence-corrected chi connectivity index (χ1v) is 13.2. The van der Waals surface area contributed by atoms with Crippen LogP contribution in [0.4, 0.5) is 4.79 Å². The molecule has 0 unspecified atom stereocenters. The maximum atomic E-state index is 12.4. The van der Waals surface area contributed by atoms with E-state index >= 15 is 0 Å².